The second-order valence-electron chi connectivity index (χ2n) is 4.45. The van der Waals surface area contributed by atoms with Gasteiger partial charge in [-0.3, -0.25) is 0 Å². The number of rotatable bonds is 4. The fraction of sp³-hybridized carbons (Fsp3) is 1.00. The Bertz CT molecular complexity index is 165. The van der Waals surface area contributed by atoms with Crippen LogP contribution in [0.25, 0.3) is 0 Å². The largest absolute Gasteiger partial charge is 0.380 e. The van der Waals surface area contributed by atoms with Gasteiger partial charge in [-0.15, -0.1) is 0 Å². The average molecular weight is 169 g/mol. The molecule has 1 heterocycles. The number of hydrogen-bond donors (Lipinski definition) is 1. The molecule has 2 aliphatic rings. The second kappa shape index (κ2) is 2.71. The van der Waals surface area contributed by atoms with E-state index in [4.69, 9.17) is 10.5 Å². The van der Waals surface area contributed by atoms with E-state index < -0.39 is 0 Å². The minimum Gasteiger partial charge on any atom is -0.380 e. The molecule has 2 rings (SSSR count). The summed E-state index contributed by atoms with van der Waals surface area (Å²) in [6, 6.07) is 0. The molecule has 12 heavy (non-hydrogen) atoms. The van der Waals surface area contributed by atoms with E-state index in [2.05, 4.69) is 6.92 Å². The van der Waals surface area contributed by atoms with E-state index in [1.165, 1.54) is 25.7 Å². The summed E-state index contributed by atoms with van der Waals surface area (Å²) in [6.45, 7) is 5.12. The molecule has 2 fully saturated rings. The number of ether oxygens (including phenoxy) is 1. The van der Waals surface area contributed by atoms with Gasteiger partial charge < -0.3 is 10.5 Å². The molecule has 0 aromatic carbocycles. The van der Waals surface area contributed by atoms with Crippen LogP contribution in [0.5, 0.6) is 0 Å². The van der Waals surface area contributed by atoms with Crippen LogP contribution < -0.4 is 5.73 Å². The summed E-state index contributed by atoms with van der Waals surface area (Å²) < 4.78 is 5.36. The highest BCUT2D eigenvalue weighted by Gasteiger charge is 2.60. The minimum atomic E-state index is 0.520. The molecule has 1 aliphatic heterocycles. The maximum Gasteiger partial charge on any atom is 0.0550 e. The standard InChI is InChI=1S/C10H19NO/c1-2-9(7-12-8-9)10(3-4-10)5-6-11/h2-8,11H2,1H3. The lowest BCUT2D eigenvalue weighted by molar-refractivity contribution is -0.158. The van der Waals surface area contributed by atoms with Crippen molar-refractivity contribution in [3.05, 3.63) is 0 Å². The van der Waals surface area contributed by atoms with Gasteiger partial charge in [0.1, 0.15) is 0 Å². The van der Waals surface area contributed by atoms with Crippen molar-refractivity contribution in [2.24, 2.45) is 16.6 Å². The molecule has 2 heteroatoms. The molecule has 0 aromatic rings. The lowest BCUT2D eigenvalue weighted by atomic mass is 9.67. The molecule has 1 saturated carbocycles. The van der Waals surface area contributed by atoms with Gasteiger partial charge in [-0.05, 0) is 37.6 Å². The molecule has 2 N–H and O–H groups in total. The van der Waals surface area contributed by atoms with Gasteiger partial charge in [0.15, 0.2) is 0 Å². The molecule has 0 amide bonds. The van der Waals surface area contributed by atoms with Crippen molar-refractivity contribution in [2.45, 2.75) is 32.6 Å². The van der Waals surface area contributed by atoms with Crippen molar-refractivity contribution in [1.82, 2.24) is 0 Å². The van der Waals surface area contributed by atoms with Crippen LogP contribution in [0.15, 0.2) is 0 Å². The van der Waals surface area contributed by atoms with Gasteiger partial charge in [0.2, 0.25) is 0 Å². The third-order valence-electron chi connectivity index (χ3n) is 4.03. The first-order valence-corrected chi connectivity index (χ1v) is 5.06. The molecule has 1 saturated heterocycles. The average Bonchev–Trinajstić information content (AvgIpc) is 2.69. The van der Waals surface area contributed by atoms with Crippen molar-refractivity contribution in [3.63, 3.8) is 0 Å². The number of nitrogens with two attached hydrogens (primary N) is 1. The van der Waals surface area contributed by atoms with E-state index in [1.807, 2.05) is 0 Å². The van der Waals surface area contributed by atoms with Crippen LogP contribution in [-0.2, 0) is 4.74 Å². The molecule has 0 bridgehead atoms. The highest BCUT2D eigenvalue weighted by Crippen LogP contribution is 2.64. The van der Waals surface area contributed by atoms with Gasteiger partial charge in [0.25, 0.3) is 0 Å². The summed E-state index contributed by atoms with van der Waals surface area (Å²) in [7, 11) is 0. The fourth-order valence-electron chi connectivity index (χ4n) is 2.71. The molecule has 0 spiro atoms. The summed E-state index contributed by atoms with van der Waals surface area (Å²) in [4.78, 5) is 0. The zero-order chi connectivity index (χ0) is 8.66. The predicted molar refractivity (Wildman–Crippen MR) is 48.9 cm³/mol. The molecular weight excluding hydrogens is 150 g/mol. The SMILES string of the molecule is CCC1(C2(CCN)CC2)COC1. The van der Waals surface area contributed by atoms with Gasteiger partial charge in [0.05, 0.1) is 13.2 Å². The second-order valence-corrected chi connectivity index (χ2v) is 4.45. The highest BCUT2D eigenvalue weighted by atomic mass is 16.5. The van der Waals surface area contributed by atoms with E-state index in [0.29, 0.717) is 10.8 Å². The highest BCUT2D eigenvalue weighted by molar-refractivity contribution is 5.09. The Morgan fingerprint density at radius 1 is 1.25 bits per heavy atom. The summed E-state index contributed by atoms with van der Waals surface area (Å²) in [6.07, 6.45) is 5.26. The van der Waals surface area contributed by atoms with Gasteiger partial charge in [-0.25, -0.2) is 0 Å². The smallest absolute Gasteiger partial charge is 0.0550 e. The Labute approximate surface area is 74.5 Å². The van der Waals surface area contributed by atoms with Crippen LogP contribution in [0.3, 0.4) is 0 Å². The molecule has 70 valence electrons. The van der Waals surface area contributed by atoms with Crippen LogP contribution in [-0.4, -0.2) is 19.8 Å². The minimum absolute atomic E-state index is 0.520. The van der Waals surface area contributed by atoms with Crippen LogP contribution in [0, 0.1) is 10.8 Å². The summed E-state index contributed by atoms with van der Waals surface area (Å²) in [5, 5.41) is 0. The molecule has 0 radical (unpaired) electrons. The summed E-state index contributed by atoms with van der Waals surface area (Å²) in [5.41, 5.74) is 6.76. The Hall–Kier alpha value is -0.0800. The maximum absolute atomic E-state index is 5.64. The van der Waals surface area contributed by atoms with E-state index in [-0.39, 0.29) is 0 Å². The maximum atomic E-state index is 5.64. The van der Waals surface area contributed by atoms with Gasteiger partial charge in [-0.1, -0.05) is 6.92 Å². The van der Waals surface area contributed by atoms with Crippen molar-refractivity contribution >= 4 is 0 Å². The van der Waals surface area contributed by atoms with E-state index >= 15 is 0 Å². The van der Waals surface area contributed by atoms with Crippen LogP contribution >= 0.6 is 0 Å². The summed E-state index contributed by atoms with van der Waals surface area (Å²) in [5.74, 6) is 0. The molecule has 0 atom stereocenters. The van der Waals surface area contributed by atoms with Crippen LogP contribution in [0.1, 0.15) is 32.6 Å². The molecule has 0 aromatic heterocycles. The predicted octanol–water partition coefficient (Wildman–Crippen LogP) is 1.54. The Morgan fingerprint density at radius 3 is 2.17 bits per heavy atom. The van der Waals surface area contributed by atoms with E-state index in [9.17, 15) is 0 Å². The zero-order valence-corrected chi connectivity index (χ0v) is 7.94. The monoisotopic (exact) mass is 169 g/mol. The van der Waals surface area contributed by atoms with E-state index in [0.717, 1.165) is 19.8 Å². The van der Waals surface area contributed by atoms with Gasteiger partial charge in [-0.2, -0.15) is 0 Å². The quantitative estimate of drug-likeness (QED) is 0.693. The first-order chi connectivity index (χ1) is 5.79. The Balaban J connectivity index is 2.05. The van der Waals surface area contributed by atoms with Crippen LogP contribution in [0.2, 0.25) is 0 Å². The van der Waals surface area contributed by atoms with Gasteiger partial charge >= 0.3 is 0 Å². The normalized spacial score (nSPS) is 29.5. The molecule has 2 nitrogen and oxygen atoms in total. The van der Waals surface area contributed by atoms with Crippen molar-refractivity contribution in [1.29, 1.82) is 0 Å². The summed E-state index contributed by atoms with van der Waals surface area (Å²) >= 11 is 0. The third kappa shape index (κ3) is 0.944. The molecule has 1 aliphatic carbocycles. The lowest BCUT2D eigenvalue weighted by Gasteiger charge is -2.48. The van der Waals surface area contributed by atoms with Gasteiger partial charge in [0, 0.05) is 5.41 Å². The number of hydrogen-bond acceptors (Lipinski definition) is 2. The first-order valence-electron chi connectivity index (χ1n) is 5.06. The van der Waals surface area contributed by atoms with Crippen molar-refractivity contribution < 1.29 is 4.74 Å². The van der Waals surface area contributed by atoms with Crippen molar-refractivity contribution in [3.8, 4) is 0 Å². The Morgan fingerprint density at radius 2 is 1.92 bits per heavy atom. The van der Waals surface area contributed by atoms with Crippen LogP contribution in [0.4, 0.5) is 0 Å². The topological polar surface area (TPSA) is 35.2 Å². The van der Waals surface area contributed by atoms with Crippen molar-refractivity contribution in [2.75, 3.05) is 19.8 Å². The fourth-order valence-corrected chi connectivity index (χ4v) is 2.71. The molecular formula is C10H19NO. The molecule has 0 unspecified atom stereocenters. The Kier molecular flexibility index (Phi) is 1.92. The first kappa shape index (κ1) is 8.52. The third-order valence-corrected chi connectivity index (χ3v) is 4.03. The lowest BCUT2D eigenvalue weighted by Crippen LogP contribution is -2.49. The zero-order valence-electron chi connectivity index (χ0n) is 7.94. The van der Waals surface area contributed by atoms with E-state index in [1.54, 1.807) is 0 Å².